The topological polar surface area (TPSA) is 64.4 Å². The summed E-state index contributed by atoms with van der Waals surface area (Å²) in [5, 5.41) is 16.3. The fourth-order valence-corrected chi connectivity index (χ4v) is 2.98. The van der Waals surface area contributed by atoms with Crippen LogP contribution in [0.4, 0.5) is 11.4 Å². The summed E-state index contributed by atoms with van der Waals surface area (Å²) in [7, 11) is 0. The normalized spacial score (nSPS) is 10.4. The highest BCUT2D eigenvalue weighted by atomic mass is 32.1. The number of thiophene rings is 1. The smallest absolute Gasteiger partial charge is 0.311 e. The second-order valence-corrected chi connectivity index (χ2v) is 5.45. The van der Waals surface area contributed by atoms with E-state index in [1.54, 1.807) is 23.5 Å². The summed E-state index contributed by atoms with van der Waals surface area (Å²) in [6, 6.07) is 6.99. The van der Waals surface area contributed by atoms with Crippen molar-refractivity contribution in [1.82, 2.24) is 0 Å². The Labute approximate surface area is 127 Å². The van der Waals surface area contributed by atoms with Crippen LogP contribution in [-0.2, 0) is 13.0 Å². The van der Waals surface area contributed by atoms with Crippen LogP contribution in [0.1, 0.15) is 24.3 Å². The first-order chi connectivity index (χ1) is 10.2. The van der Waals surface area contributed by atoms with E-state index in [2.05, 4.69) is 23.7 Å². The number of hydrogen-bond acceptors (Lipinski definition) is 5. The molecule has 0 aliphatic rings. The van der Waals surface area contributed by atoms with E-state index in [0.717, 1.165) is 12.1 Å². The average Bonchev–Trinajstić information content (AvgIpc) is 2.93. The van der Waals surface area contributed by atoms with Crippen LogP contribution in [0.5, 0.6) is 5.75 Å². The number of nitro groups is 1. The van der Waals surface area contributed by atoms with Gasteiger partial charge in [-0.2, -0.15) is 0 Å². The first kappa shape index (κ1) is 15.3. The molecule has 0 saturated heterocycles. The van der Waals surface area contributed by atoms with Gasteiger partial charge in [0, 0.05) is 29.2 Å². The van der Waals surface area contributed by atoms with Crippen molar-refractivity contribution in [2.24, 2.45) is 0 Å². The molecule has 2 aromatic rings. The SMILES string of the molecule is CCOc1cc(NCc2sccc2CC)ccc1[N+](=O)[O-]. The Morgan fingerprint density at radius 1 is 1.33 bits per heavy atom. The van der Waals surface area contributed by atoms with Gasteiger partial charge in [0.25, 0.3) is 0 Å². The maximum Gasteiger partial charge on any atom is 0.311 e. The number of aryl methyl sites for hydroxylation is 1. The molecule has 0 aliphatic carbocycles. The van der Waals surface area contributed by atoms with Crippen LogP contribution in [0.25, 0.3) is 0 Å². The third-order valence-corrected chi connectivity index (χ3v) is 4.09. The zero-order valence-electron chi connectivity index (χ0n) is 12.1. The highest BCUT2D eigenvalue weighted by molar-refractivity contribution is 7.10. The van der Waals surface area contributed by atoms with Crippen LogP contribution in [0.2, 0.25) is 0 Å². The van der Waals surface area contributed by atoms with Gasteiger partial charge in [-0.3, -0.25) is 10.1 Å². The van der Waals surface area contributed by atoms with E-state index in [1.807, 2.05) is 6.92 Å². The second kappa shape index (κ2) is 7.08. The number of nitro benzene ring substituents is 1. The maximum absolute atomic E-state index is 10.9. The van der Waals surface area contributed by atoms with Crippen LogP contribution in [0, 0.1) is 10.1 Å². The Morgan fingerprint density at radius 2 is 2.14 bits per heavy atom. The van der Waals surface area contributed by atoms with Gasteiger partial charge in [-0.05, 0) is 36.4 Å². The van der Waals surface area contributed by atoms with Gasteiger partial charge >= 0.3 is 5.69 Å². The van der Waals surface area contributed by atoms with Crippen LogP contribution >= 0.6 is 11.3 Å². The fraction of sp³-hybridized carbons (Fsp3) is 0.333. The Morgan fingerprint density at radius 3 is 2.81 bits per heavy atom. The fourth-order valence-electron chi connectivity index (χ4n) is 2.07. The van der Waals surface area contributed by atoms with Crippen LogP contribution < -0.4 is 10.1 Å². The lowest BCUT2D eigenvalue weighted by Crippen LogP contribution is -2.02. The predicted molar refractivity (Wildman–Crippen MR) is 85.3 cm³/mol. The number of ether oxygens (including phenoxy) is 1. The monoisotopic (exact) mass is 306 g/mol. The molecule has 0 saturated carbocycles. The van der Waals surface area contributed by atoms with Crippen LogP contribution in [0.15, 0.2) is 29.6 Å². The lowest BCUT2D eigenvalue weighted by atomic mass is 10.2. The van der Waals surface area contributed by atoms with Gasteiger partial charge in [-0.1, -0.05) is 6.92 Å². The van der Waals surface area contributed by atoms with Crippen LogP contribution in [-0.4, -0.2) is 11.5 Å². The zero-order valence-corrected chi connectivity index (χ0v) is 12.9. The van der Waals surface area contributed by atoms with Gasteiger partial charge in [0.15, 0.2) is 5.75 Å². The van der Waals surface area contributed by atoms with Gasteiger partial charge in [0.05, 0.1) is 11.5 Å². The molecule has 0 atom stereocenters. The molecule has 5 nitrogen and oxygen atoms in total. The number of rotatable bonds is 7. The standard InChI is InChI=1S/C15H18N2O3S/c1-3-11-7-8-21-15(11)10-16-12-5-6-13(17(18)19)14(9-12)20-4-2/h5-9,16H,3-4,10H2,1-2H3. The van der Waals surface area contributed by atoms with Crippen molar-refractivity contribution in [3.63, 3.8) is 0 Å². The van der Waals surface area contributed by atoms with Crippen molar-refractivity contribution in [1.29, 1.82) is 0 Å². The summed E-state index contributed by atoms with van der Waals surface area (Å²) in [4.78, 5) is 11.8. The molecule has 0 bridgehead atoms. The number of nitrogens with one attached hydrogen (secondary N) is 1. The van der Waals surface area contributed by atoms with Gasteiger partial charge in [0.2, 0.25) is 0 Å². The molecule has 1 aromatic heterocycles. The molecule has 1 heterocycles. The molecule has 0 unspecified atom stereocenters. The van der Waals surface area contributed by atoms with E-state index in [0.29, 0.717) is 18.9 Å². The predicted octanol–water partition coefficient (Wildman–Crippen LogP) is 4.23. The molecule has 1 aromatic carbocycles. The molecule has 0 radical (unpaired) electrons. The van der Waals surface area contributed by atoms with Crippen molar-refractivity contribution in [2.45, 2.75) is 26.8 Å². The second-order valence-electron chi connectivity index (χ2n) is 4.45. The molecule has 0 amide bonds. The van der Waals surface area contributed by atoms with Crippen molar-refractivity contribution < 1.29 is 9.66 Å². The van der Waals surface area contributed by atoms with Crippen molar-refractivity contribution >= 4 is 22.7 Å². The van der Waals surface area contributed by atoms with E-state index in [-0.39, 0.29) is 5.69 Å². The summed E-state index contributed by atoms with van der Waals surface area (Å²) in [5.41, 5.74) is 2.15. The molecule has 0 spiro atoms. The maximum atomic E-state index is 10.9. The highest BCUT2D eigenvalue weighted by Gasteiger charge is 2.15. The lowest BCUT2D eigenvalue weighted by Gasteiger charge is -2.09. The minimum Gasteiger partial charge on any atom is -0.487 e. The minimum absolute atomic E-state index is 0.00669. The summed E-state index contributed by atoms with van der Waals surface area (Å²) < 4.78 is 5.34. The first-order valence-electron chi connectivity index (χ1n) is 6.86. The average molecular weight is 306 g/mol. The Kier molecular flexibility index (Phi) is 5.16. The first-order valence-corrected chi connectivity index (χ1v) is 7.74. The van der Waals surface area contributed by atoms with Crippen LogP contribution in [0.3, 0.4) is 0 Å². The zero-order chi connectivity index (χ0) is 15.2. The molecule has 0 aliphatic heterocycles. The van der Waals surface area contributed by atoms with E-state index in [4.69, 9.17) is 4.74 Å². The van der Waals surface area contributed by atoms with Gasteiger partial charge in [-0.15, -0.1) is 11.3 Å². The number of nitrogens with zero attached hydrogens (tertiary/aromatic N) is 1. The molecular weight excluding hydrogens is 288 g/mol. The summed E-state index contributed by atoms with van der Waals surface area (Å²) in [6.07, 6.45) is 1.00. The summed E-state index contributed by atoms with van der Waals surface area (Å²) >= 11 is 1.71. The minimum atomic E-state index is -0.427. The molecule has 6 heteroatoms. The quantitative estimate of drug-likeness (QED) is 0.614. The van der Waals surface area contributed by atoms with E-state index in [1.165, 1.54) is 16.5 Å². The van der Waals surface area contributed by atoms with E-state index < -0.39 is 4.92 Å². The number of benzene rings is 1. The Balaban J connectivity index is 2.13. The van der Waals surface area contributed by atoms with Gasteiger partial charge in [-0.25, -0.2) is 0 Å². The van der Waals surface area contributed by atoms with Crippen molar-refractivity contribution in [3.05, 3.63) is 50.2 Å². The van der Waals surface area contributed by atoms with E-state index >= 15 is 0 Å². The molecule has 2 rings (SSSR count). The Hall–Kier alpha value is -2.08. The third-order valence-electron chi connectivity index (χ3n) is 3.13. The van der Waals surface area contributed by atoms with Gasteiger partial charge < -0.3 is 10.1 Å². The number of anilines is 1. The molecular formula is C15H18N2O3S. The molecule has 0 fully saturated rings. The molecule has 1 N–H and O–H groups in total. The lowest BCUT2D eigenvalue weighted by molar-refractivity contribution is -0.385. The highest BCUT2D eigenvalue weighted by Crippen LogP contribution is 2.30. The third kappa shape index (κ3) is 3.72. The van der Waals surface area contributed by atoms with Crippen molar-refractivity contribution in [3.8, 4) is 5.75 Å². The molecule has 21 heavy (non-hydrogen) atoms. The summed E-state index contributed by atoms with van der Waals surface area (Å²) in [6.45, 7) is 5.05. The largest absolute Gasteiger partial charge is 0.487 e. The summed E-state index contributed by atoms with van der Waals surface area (Å²) in [5.74, 6) is 0.300. The van der Waals surface area contributed by atoms with Crippen molar-refractivity contribution in [2.75, 3.05) is 11.9 Å². The molecule has 112 valence electrons. The number of hydrogen-bond donors (Lipinski definition) is 1. The van der Waals surface area contributed by atoms with E-state index in [9.17, 15) is 10.1 Å². The Bertz CT molecular complexity index is 625. The van der Waals surface area contributed by atoms with Gasteiger partial charge in [0.1, 0.15) is 0 Å².